The zero-order valence-corrected chi connectivity index (χ0v) is 13.6. The summed E-state index contributed by atoms with van der Waals surface area (Å²) in [6.45, 7) is 0.0184. The second kappa shape index (κ2) is 7.10. The van der Waals surface area contributed by atoms with Crippen molar-refractivity contribution in [3.8, 4) is 5.75 Å². The van der Waals surface area contributed by atoms with Crippen LogP contribution in [-0.2, 0) is 11.3 Å². The Bertz CT molecular complexity index is 906. The second-order valence-corrected chi connectivity index (χ2v) is 5.35. The van der Waals surface area contributed by atoms with Crippen molar-refractivity contribution in [3.05, 3.63) is 53.1 Å². The van der Waals surface area contributed by atoms with Gasteiger partial charge in [0.1, 0.15) is 17.8 Å². The Morgan fingerprint density at radius 3 is 3.04 bits per heavy atom. The van der Waals surface area contributed by atoms with Gasteiger partial charge in [0.15, 0.2) is 0 Å². The minimum atomic E-state index is -0.317. The van der Waals surface area contributed by atoms with E-state index in [9.17, 15) is 4.79 Å². The monoisotopic (exact) mass is 343 g/mol. The molecule has 0 saturated carbocycles. The predicted octanol–water partition coefficient (Wildman–Crippen LogP) is 2.24. The number of nitrogens with zero attached hydrogens (tertiary/aromatic N) is 4. The molecule has 1 N–H and O–H groups in total. The number of hydrogen-bond acceptors (Lipinski definition) is 5. The topological polar surface area (TPSA) is 81.4 Å². The minimum absolute atomic E-state index is 0.0184. The van der Waals surface area contributed by atoms with Gasteiger partial charge in [-0.1, -0.05) is 28.9 Å². The molecule has 0 aliphatic heterocycles. The number of carbonyl (C=O) groups is 1. The smallest absolute Gasteiger partial charge is 0.261 e. The van der Waals surface area contributed by atoms with Crippen LogP contribution >= 0.6 is 11.6 Å². The van der Waals surface area contributed by atoms with Crippen molar-refractivity contribution >= 4 is 34.8 Å². The van der Waals surface area contributed by atoms with Crippen LogP contribution in [0.5, 0.6) is 5.75 Å². The van der Waals surface area contributed by atoms with E-state index in [1.807, 2.05) is 24.3 Å². The Labute approximate surface area is 142 Å². The third-order valence-electron chi connectivity index (χ3n) is 3.30. The van der Waals surface area contributed by atoms with Crippen molar-refractivity contribution in [2.75, 3.05) is 7.11 Å². The number of hydrogen-bond donors (Lipinski definition) is 1. The van der Waals surface area contributed by atoms with Crippen LogP contribution in [0.3, 0.4) is 0 Å². The summed E-state index contributed by atoms with van der Waals surface area (Å²) in [5, 5.41) is 12.4. The first-order valence-electron chi connectivity index (χ1n) is 7.11. The van der Waals surface area contributed by atoms with Crippen molar-refractivity contribution in [1.29, 1.82) is 0 Å². The molecule has 1 aromatic heterocycles. The van der Waals surface area contributed by atoms with Crippen molar-refractivity contribution in [2.45, 2.75) is 6.54 Å². The zero-order chi connectivity index (χ0) is 16.9. The van der Waals surface area contributed by atoms with Crippen molar-refractivity contribution < 1.29 is 9.53 Å². The molecule has 3 rings (SSSR count). The molecule has 24 heavy (non-hydrogen) atoms. The van der Waals surface area contributed by atoms with Crippen molar-refractivity contribution in [3.63, 3.8) is 0 Å². The van der Waals surface area contributed by atoms with Gasteiger partial charge >= 0.3 is 0 Å². The Balaban J connectivity index is 1.66. The second-order valence-electron chi connectivity index (χ2n) is 4.92. The van der Waals surface area contributed by atoms with E-state index in [1.165, 1.54) is 10.9 Å². The number of benzene rings is 2. The van der Waals surface area contributed by atoms with Gasteiger partial charge in [0.25, 0.3) is 5.91 Å². The van der Waals surface area contributed by atoms with Gasteiger partial charge in [0, 0.05) is 10.6 Å². The van der Waals surface area contributed by atoms with Crippen LogP contribution in [0.15, 0.2) is 47.6 Å². The molecule has 1 amide bonds. The van der Waals surface area contributed by atoms with E-state index < -0.39 is 0 Å². The summed E-state index contributed by atoms with van der Waals surface area (Å²) in [6, 6.07) is 12.6. The summed E-state index contributed by atoms with van der Waals surface area (Å²) in [7, 11) is 1.55. The third kappa shape index (κ3) is 3.52. The van der Waals surface area contributed by atoms with Crippen molar-refractivity contribution in [2.24, 2.45) is 5.10 Å². The predicted molar refractivity (Wildman–Crippen MR) is 91.3 cm³/mol. The number of hydrazone groups is 1. The Morgan fingerprint density at radius 1 is 1.38 bits per heavy atom. The van der Waals surface area contributed by atoms with Crippen LogP contribution in [-0.4, -0.2) is 34.2 Å². The van der Waals surface area contributed by atoms with Crippen LogP contribution in [0, 0.1) is 0 Å². The Morgan fingerprint density at radius 2 is 2.21 bits per heavy atom. The standard InChI is InChI=1S/C16H14ClN5O2/c1-24-15-7-6-12(17)8-11(15)9-18-20-16(23)10-22-14-5-3-2-4-13(14)19-21-22/h2-9H,10H2,1H3,(H,20,23)/b18-9+. The fourth-order valence-corrected chi connectivity index (χ4v) is 2.37. The Hall–Kier alpha value is -2.93. The number of halogens is 1. The first-order chi connectivity index (χ1) is 11.7. The van der Waals surface area contributed by atoms with Gasteiger partial charge in [-0.05, 0) is 30.3 Å². The maximum absolute atomic E-state index is 12.0. The van der Waals surface area contributed by atoms with E-state index in [0.717, 1.165) is 11.0 Å². The highest BCUT2D eigenvalue weighted by Crippen LogP contribution is 2.20. The van der Waals surface area contributed by atoms with Gasteiger partial charge in [-0.3, -0.25) is 4.79 Å². The molecule has 7 nitrogen and oxygen atoms in total. The maximum atomic E-state index is 12.0. The van der Waals surface area contributed by atoms with Gasteiger partial charge in [-0.25, -0.2) is 10.1 Å². The van der Waals surface area contributed by atoms with E-state index in [-0.39, 0.29) is 12.5 Å². The molecule has 0 saturated heterocycles. The lowest BCUT2D eigenvalue weighted by Gasteiger charge is -2.04. The molecule has 122 valence electrons. The van der Waals surface area contributed by atoms with Crippen LogP contribution in [0.25, 0.3) is 11.0 Å². The lowest BCUT2D eigenvalue weighted by Crippen LogP contribution is -2.23. The summed E-state index contributed by atoms with van der Waals surface area (Å²) in [6.07, 6.45) is 1.47. The number of carbonyl (C=O) groups excluding carboxylic acids is 1. The third-order valence-corrected chi connectivity index (χ3v) is 3.53. The first kappa shape index (κ1) is 15.9. The molecular weight excluding hydrogens is 330 g/mol. The lowest BCUT2D eigenvalue weighted by molar-refractivity contribution is -0.121. The van der Waals surface area contributed by atoms with Crippen LogP contribution in [0.2, 0.25) is 5.02 Å². The number of fused-ring (bicyclic) bond motifs is 1. The normalized spacial score (nSPS) is 11.1. The Kier molecular flexibility index (Phi) is 4.72. The first-order valence-corrected chi connectivity index (χ1v) is 7.49. The molecule has 2 aromatic carbocycles. The number of aromatic nitrogens is 3. The highest BCUT2D eigenvalue weighted by molar-refractivity contribution is 6.30. The molecule has 0 spiro atoms. The molecule has 0 bridgehead atoms. The van der Waals surface area contributed by atoms with E-state index in [1.54, 1.807) is 25.3 Å². The van der Waals surface area contributed by atoms with Gasteiger partial charge in [0.05, 0.1) is 18.8 Å². The molecule has 0 fully saturated rings. The van der Waals surface area contributed by atoms with E-state index in [4.69, 9.17) is 16.3 Å². The largest absolute Gasteiger partial charge is 0.496 e. The van der Waals surface area contributed by atoms with Crippen LogP contribution < -0.4 is 10.2 Å². The molecule has 0 aliphatic carbocycles. The fourth-order valence-electron chi connectivity index (χ4n) is 2.19. The molecule has 0 radical (unpaired) electrons. The van der Waals surface area contributed by atoms with Gasteiger partial charge in [-0.2, -0.15) is 5.10 Å². The number of rotatable bonds is 5. The summed E-state index contributed by atoms with van der Waals surface area (Å²) < 4.78 is 6.72. The zero-order valence-electron chi connectivity index (χ0n) is 12.8. The fraction of sp³-hybridized carbons (Fsp3) is 0.125. The van der Waals surface area contributed by atoms with Gasteiger partial charge in [-0.15, -0.1) is 5.10 Å². The number of ether oxygens (including phenoxy) is 1. The van der Waals surface area contributed by atoms with Crippen LogP contribution in [0.1, 0.15) is 5.56 Å². The van der Waals surface area contributed by atoms with E-state index >= 15 is 0 Å². The minimum Gasteiger partial charge on any atom is -0.496 e. The van der Waals surface area contributed by atoms with E-state index in [0.29, 0.717) is 16.3 Å². The highest BCUT2D eigenvalue weighted by Gasteiger charge is 2.08. The quantitative estimate of drug-likeness (QED) is 0.569. The SMILES string of the molecule is COc1ccc(Cl)cc1/C=N/NC(=O)Cn1nnc2ccccc21. The molecule has 0 aliphatic rings. The summed E-state index contributed by atoms with van der Waals surface area (Å²) in [5.74, 6) is 0.294. The van der Waals surface area contributed by atoms with Gasteiger partial charge < -0.3 is 4.74 Å². The van der Waals surface area contributed by atoms with E-state index in [2.05, 4.69) is 20.8 Å². The molecular formula is C16H14ClN5O2. The average molecular weight is 344 g/mol. The summed E-state index contributed by atoms with van der Waals surface area (Å²) in [5.41, 5.74) is 4.63. The summed E-state index contributed by atoms with van der Waals surface area (Å²) >= 11 is 5.94. The van der Waals surface area contributed by atoms with Crippen molar-refractivity contribution in [1.82, 2.24) is 20.4 Å². The number of para-hydroxylation sites is 1. The molecule has 0 atom stereocenters. The maximum Gasteiger partial charge on any atom is 0.261 e. The molecule has 0 unspecified atom stereocenters. The number of nitrogens with one attached hydrogen (secondary N) is 1. The highest BCUT2D eigenvalue weighted by atomic mass is 35.5. The molecule has 8 heteroatoms. The lowest BCUT2D eigenvalue weighted by atomic mass is 10.2. The molecule has 1 heterocycles. The van der Waals surface area contributed by atoms with Gasteiger partial charge in [0.2, 0.25) is 0 Å². The van der Waals surface area contributed by atoms with Crippen LogP contribution in [0.4, 0.5) is 0 Å². The number of methoxy groups -OCH3 is 1. The average Bonchev–Trinajstić information content (AvgIpc) is 2.98. The molecule has 3 aromatic rings. The number of amides is 1. The summed E-state index contributed by atoms with van der Waals surface area (Å²) in [4.78, 5) is 12.0.